The van der Waals surface area contributed by atoms with Gasteiger partial charge in [-0.3, -0.25) is 0 Å². The number of halogens is 1. The van der Waals surface area contributed by atoms with Crippen LogP contribution < -0.4 is 10.5 Å². The third kappa shape index (κ3) is 1.51. The van der Waals surface area contributed by atoms with E-state index in [1.807, 2.05) is 6.07 Å². The highest BCUT2D eigenvalue weighted by Crippen LogP contribution is 2.57. The summed E-state index contributed by atoms with van der Waals surface area (Å²) in [6.45, 7) is 4.20. The maximum atomic E-state index is 13.5. The average Bonchev–Trinajstić information content (AvgIpc) is 2.66. The van der Waals surface area contributed by atoms with Gasteiger partial charge in [-0.05, 0) is 23.1 Å². The summed E-state index contributed by atoms with van der Waals surface area (Å²) in [5, 5.41) is 0. The number of benzene rings is 1. The monoisotopic (exact) mass is 209 g/mol. The number of hydrogen-bond acceptors (Lipinski definition) is 2. The molecule has 0 bridgehead atoms. The van der Waals surface area contributed by atoms with Crippen molar-refractivity contribution in [3.63, 3.8) is 0 Å². The smallest absolute Gasteiger partial charge is 0.165 e. The molecule has 82 valence electrons. The topological polar surface area (TPSA) is 35.2 Å². The van der Waals surface area contributed by atoms with E-state index in [1.165, 1.54) is 13.2 Å². The number of ether oxygens (including phenoxy) is 1. The first-order valence-electron chi connectivity index (χ1n) is 5.07. The first-order valence-corrected chi connectivity index (χ1v) is 5.07. The van der Waals surface area contributed by atoms with Gasteiger partial charge in [-0.1, -0.05) is 19.9 Å². The second-order valence-electron chi connectivity index (χ2n) is 4.72. The van der Waals surface area contributed by atoms with Gasteiger partial charge >= 0.3 is 0 Å². The zero-order valence-electron chi connectivity index (χ0n) is 9.25. The molecule has 15 heavy (non-hydrogen) atoms. The van der Waals surface area contributed by atoms with E-state index in [2.05, 4.69) is 13.8 Å². The van der Waals surface area contributed by atoms with E-state index in [9.17, 15) is 4.39 Å². The number of nitrogens with two attached hydrogens (primary N) is 1. The highest BCUT2D eigenvalue weighted by molar-refractivity contribution is 5.38. The molecule has 0 aliphatic heterocycles. The van der Waals surface area contributed by atoms with Crippen LogP contribution in [0.2, 0.25) is 0 Å². The molecule has 0 heterocycles. The van der Waals surface area contributed by atoms with Crippen molar-refractivity contribution in [3.8, 4) is 5.75 Å². The van der Waals surface area contributed by atoms with E-state index in [0.29, 0.717) is 0 Å². The van der Waals surface area contributed by atoms with Crippen LogP contribution in [0.1, 0.15) is 25.3 Å². The Labute approximate surface area is 89.2 Å². The maximum absolute atomic E-state index is 13.5. The Morgan fingerprint density at radius 2 is 2.00 bits per heavy atom. The molecule has 3 heteroatoms. The SMILES string of the molecule is COc1ccc(C2C(N)C2(C)C)cc1F. The Hall–Kier alpha value is -1.09. The summed E-state index contributed by atoms with van der Waals surface area (Å²) in [4.78, 5) is 0. The quantitative estimate of drug-likeness (QED) is 0.811. The molecule has 1 aliphatic carbocycles. The van der Waals surface area contributed by atoms with Gasteiger partial charge < -0.3 is 10.5 Å². The lowest BCUT2D eigenvalue weighted by molar-refractivity contribution is 0.386. The predicted molar refractivity (Wildman–Crippen MR) is 57.4 cm³/mol. The van der Waals surface area contributed by atoms with Gasteiger partial charge in [0.15, 0.2) is 11.6 Å². The van der Waals surface area contributed by atoms with Crippen molar-refractivity contribution in [1.82, 2.24) is 0 Å². The molecule has 2 atom stereocenters. The van der Waals surface area contributed by atoms with Crippen LogP contribution in [-0.2, 0) is 0 Å². The third-order valence-corrected chi connectivity index (χ3v) is 3.45. The highest BCUT2D eigenvalue weighted by Gasteiger charge is 2.56. The Balaban J connectivity index is 2.29. The number of methoxy groups -OCH3 is 1. The van der Waals surface area contributed by atoms with E-state index >= 15 is 0 Å². The van der Waals surface area contributed by atoms with Crippen molar-refractivity contribution < 1.29 is 9.13 Å². The van der Waals surface area contributed by atoms with E-state index in [-0.39, 0.29) is 28.9 Å². The Kier molecular flexibility index (Phi) is 2.23. The van der Waals surface area contributed by atoms with Crippen molar-refractivity contribution in [2.45, 2.75) is 25.8 Å². The van der Waals surface area contributed by atoms with Gasteiger partial charge in [0, 0.05) is 12.0 Å². The summed E-state index contributed by atoms with van der Waals surface area (Å²) >= 11 is 0. The van der Waals surface area contributed by atoms with E-state index in [4.69, 9.17) is 10.5 Å². The summed E-state index contributed by atoms with van der Waals surface area (Å²) in [5.41, 5.74) is 6.99. The molecule has 1 aromatic carbocycles. The minimum absolute atomic E-state index is 0.0844. The van der Waals surface area contributed by atoms with Gasteiger partial charge in [0.25, 0.3) is 0 Å². The Morgan fingerprint density at radius 1 is 1.40 bits per heavy atom. The zero-order chi connectivity index (χ0) is 11.2. The summed E-state index contributed by atoms with van der Waals surface area (Å²) in [7, 11) is 1.46. The molecule has 2 nitrogen and oxygen atoms in total. The summed E-state index contributed by atoms with van der Waals surface area (Å²) in [6.07, 6.45) is 0. The Bertz CT molecular complexity index is 389. The minimum Gasteiger partial charge on any atom is -0.494 e. The largest absolute Gasteiger partial charge is 0.494 e. The van der Waals surface area contributed by atoms with Crippen molar-refractivity contribution in [1.29, 1.82) is 0 Å². The molecular weight excluding hydrogens is 193 g/mol. The maximum Gasteiger partial charge on any atom is 0.165 e. The Morgan fingerprint density at radius 3 is 2.40 bits per heavy atom. The third-order valence-electron chi connectivity index (χ3n) is 3.45. The molecular formula is C12H16FNO. The van der Waals surface area contributed by atoms with E-state index < -0.39 is 0 Å². The van der Waals surface area contributed by atoms with Crippen molar-refractivity contribution in [2.24, 2.45) is 11.1 Å². The summed E-state index contributed by atoms with van der Waals surface area (Å²) < 4.78 is 18.3. The lowest BCUT2D eigenvalue weighted by Crippen LogP contribution is -2.06. The number of hydrogen-bond donors (Lipinski definition) is 1. The van der Waals surface area contributed by atoms with Crippen molar-refractivity contribution in [2.75, 3.05) is 7.11 Å². The molecule has 2 rings (SSSR count). The van der Waals surface area contributed by atoms with Crippen LogP contribution in [0, 0.1) is 11.2 Å². The second kappa shape index (κ2) is 3.20. The lowest BCUT2D eigenvalue weighted by atomic mass is 10.0. The summed E-state index contributed by atoms with van der Waals surface area (Å²) in [6, 6.07) is 5.20. The molecule has 0 spiro atoms. The van der Waals surface area contributed by atoms with Gasteiger partial charge in [0.1, 0.15) is 0 Å². The van der Waals surface area contributed by atoms with Crippen LogP contribution >= 0.6 is 0 Å². The lowest BCUT2D eigenvalue weighted by Gasteiger charge is -2.06. The van der Waals surface area contributed by atoms with Crippen molar-refractivity contribution in [3.05, 3.63) is 29.6 Å². The van der Waals surface area contributed by atoms with Crippen LogP contribution in [0.4, 0.5) is 4.39 Å². The van der Waals surface area contributed by atoms with Crippen LogP contribution in [0.15, 0.2) is 18.2 Å². The van der Waals surface area contributed by atoms with Gasteiger partial charge in [-0.25, -0.2) is 4.39 Å². The molecule has 2 N–H and O–H groups in total. The molecule has 0 aromatic heterocycles. The molecule has 0 amide bonds. The molecule has 1 saturated carbocycles. The van der Waals surface area contributed by atoms with Crippen LogP contribution in [-0.4, -0.2) is 13.2 Å². The molecule has 2 unspecified atom stereocenters. The predicted octanol–water partition coefficient (Wildman–Crippen LogP) is 2.29. The minimum atomic E-state index is -0.315. The summed E-state index contributed by atoms with van der Waals surface area (Å²) in [5.74, 6) is 0.230. The fourth-order valence-corrected chi connectivity index (χ4v) is 2.19. The first-order chi connectivity index (χ1) is 6.98. The average molecular weight is 209 g/mol. The molecule has 0 radical (unpaired) electrons. The second-order valence-corrected chi connectivity index (χ2v) is 4.72. The molecule has 1 aromatic rings. The van der Waals surface area contributed by atoms with E-state index in [1.54, 1.807) is 6.07 Å². The normalized spacial score (nSPS) is 27.5. The van der Waals surface area contributed by atoms with Crippen LogP contribution in [0.5, 0.6) is 5.75 Å². The molecule has 1 fully saturated rings. The van der Waals surface area contributed by atoms with Crippen LogP contribution in [0.3, 0.4) is 0 Å². The van der Waals surface area contributed by atoms with Crippen molar-refractivity contribution >= 4 is 0 Å². The fraction of sp³-hybridized carbons (Fsp3) is 0.500. The van der Waals surface area contributed by atoms with Crippen LogP contribution in [0.25, 0.3) is 0 Å². The molecule has 0 saturated heterocycles. The first kappa shape index (κ1) is 10.4. The van der Waals surface area contributed by atoms with Gasteiger partial charge in [-0.15, -0.1) is 0 Å². The van der Waals surface area contributed by atoms with E-state index in [0.717, 1.165) is 5.56 Å². The van der Waals surface area contributed by atoms with Gasteiger partial charge in [0.2, 0.25) is 0 Å². The highest BCUT2D eigenvalue weighted by atomic mass is 19.1. The van der Waals surface area contributed by atoms with Gasteiger partial charge in [-0.2, -0.15) is 0 Å². The van der Waals surface area contributed by atoms with Gasteiger partial charge in [0.05, 0.1) is 7.11 Å². The molecule has 1 aliphatic rings. The fourth-order valence-electron chi connectivity index (χ4n) is 2.19. The zero-order valence-corrected chi connectivity index (χ0v) is 9.25. The standard InChI is InChI=1S/C12H16FNO/c1-12(2)10(11(12)14)7-4-5-9(15-3)8(13)6-7/h4-6,10-11H,14H2,1-3H3. The number of rotatable bonds is 2.